The van der Waals surface area contributed by atoms with Gasteiger partial charge in [0.15, 0.2) is 0 Å². The second-order valence-corrected chi connectivity index (χ2v) is 2.98. The maximum absolute atomic E-state index is 11.2. The highest BCUT2D eigenvalue weighted by atomic mass is 16.5. The van der Waals surface area contributed by atoms with Gasteiger partial charge in [-0.25, -0.2) is 0 Å². The van der Waals surface area contributed by atoms with Gasteiger partial charge < -0.3 is 4.74 Å². The van der Waals surface area contributed by atoms with Crippen molar-refractivity contribution in [3.63, 3.8) is 0 Å². The fourth-order valence-electron chi connectivity index (χ4n) is 1.11. The number of carbonyl (C=O) groups excluding carboxylic acids is 1. The van der Waals surface area contributed by atoms with Crippen LogP contribution in [0.25, 0.3) is 0 Å². The van der Waals surface area contributed by atoms with Crippen LogP contribution in [0.15, 0.2) is 21.7 Å². The first kappa shape index (κ1) is 11.2. The van der Waals surface area contributed by atoms with Crippen molar-refractivity contribution in [2.45, 2.75) is 19.4 Å². The molecule has 1 N–H and O–H groups in total. The summed E-state index contributed by atoms with van der Waals surface area (Å²) in [5.74, 6) is -0.332. The average molecular weight is 212 g/mol. The minimum absolute atomic E-state index is 0.222. The van der Waals surface area contributed by atoms with Crippen molar-refractivity contribution in [1.29, 1.82) is 0 Å². The zero-order chi connectivity index (χ0) is 11.3. The molecule has 0 radical (unpaired) electrons. The first-order chi connectivity index (χ1) is 7.13. The van der Waals surface area contributed by atoms with Crippen LogP contribution in [-0.4, -0.2) is 22.9 Å². The number of aromatic amines is 1. The number of ether oxygens (including phenoxy) is 1. The van der Waals surface area contributed by atoms with Gasteiger partial charge in [-0.3, -0.25) is 24.2 Å². The van der Waals surface area contributed by atoms with Gasteiger partial charge in [0.2, 0.25) is 0 Å². The summed E-state index contributed by atoms with van der Waals surface area (Å²) in [6.45, 7) is 0.296. The Morgan fingerprint density at radius 1 is 1.47 bits per heavy atom. The number of aryl methyl sites for hydroxylation is 1. The SMILES string of the molecule is COC(=O)CCCn1[nH]c(=O)ccc1=O. The highest BCUT2D eigenvalue weighted by molar-refractivity contribution is 5.68. The third-order valence-electron chi connectivity index (χ3n) is 1.88. The van der Waals surface area contributed by atoms with Crippen LogP contribution in [0.5, 0.6) is 0 Å². The summed E-state index contributed by atoms with van der Waals surface area (Å²) in [6, 6.07) is 2.36. The van der Waals surface area contributed by atoms with Gasteiger partial charge in [-0.15, -0.1) is 0 Å². The lowest BCUT2D eigenvalue weighted by Gasteiger charge is -2.03. The van der Waals surface area contributed by atoms with Crippen molar-refractivity contribution >= 4 is 5.97 Å². The average Bonchev–Trinajstić information content (AvgIpc) is 2.23. The first-order valence-electron chi connectivity index (χ1n) is 4.50. The third kappa shape index (κ3) is 3.41. The Labute approximate surface area is 85.5 Å². The van der Waals surface area contributed by atoms with Gasteiger partial charge in [0.25, 0.3) is 11.1 Å². The van der Waals surface area contributed by atoms with Crippen molar-refractivity contribution < 1.29 is 9.53 Å². The molecule has 0 aliphatic rings. The molecule has 0 unspecified atom stereocenters. The Morgan fingerprint density at radius 2 is 2.20 bits per heavy atom. The van der Waals surface area contributed by atoms with E-state index >= 15 is 0 Å². The van der Waals surface area contributed by atoms with Crippen LogP contribution in [0.3, 0.4) is 0 Å². The second kappa shape index (κ2) is 5.14. The van der Waals surface area contributed by atoms with Crippen LogP contribution in [-0.2, 0) is 16.1 Å². The summed E-state index contributed by atoms with van der Waals surface area (Å²) >= 11 is 0. The van der Waals surface area contributed by atoms with Crippen molar-refractivity contribution in [2.75, 3.05) is 7.11 Å². The summed E-state index contributed by atoms with van der Waals surface area (Å²) < 4.78 is 5.62. The van der Waals surface area contributed by atoms with E-state index in [-0.39, 0.29) is 23.5 Å². The van der Waals surface area contributed by atoms with Crippen molar-refractivity contribution in [3.05, 3.63) is 32.8 Å². The molecule has 6 heteroatoms. The molecule has 0 spiro atoms. The van der Waals surface area contributed by atoms with Gasteiger partial charge in [-0.2, -0.15) is 0 Å². The van der Waals surface area contributed by atoms with E-state index in [4.69, 9.17) is 0 Å². The molecule has 0 amide bonds. The Morgan fingerprint density at radius 3 is 2.87 bits per heavy atom. The van der Waals surface area contributed by atoms with Crippen LogP contribution >= 0.6 is 0 Å². The summed E-state index contributed by atoms with van der Waals surface area (Å²) in [4.78, 5) is 32.9. The number of methoxy groups -OCH3 is 1. The number of nitrogens with zero attached hydrogens (tertiary/aromatic N) is 1. The Bertz CT molecular complexity index is 446. The zero-order valence-corrected chi connectivity index (χ0v) is 8.36. The molecule has 1 heterocycles. The second-order valence-electron chi connectivity index (χ2n) is 2.98. The zero-order valence-electron chi connectivity index (χ0n) is 8.36. The summed E-state index contributed by atoms with van der Waals surface area (Å²) in [5, 5.41) is 2.36. The predicted molar refractivity (Wildman–Crippen MR) is 52.6 cm³/mol. The lowest BCUT2D eigenvalue weighted by molar-refractivity contribution is -0.140. The van der Waals surface area contributed by atoms with E-state index in [1.54, 1.807) is 0 Å². The summed E-state index contributed by atoms with van der Waals surface area (Å²) in [5.41, 5.74) is -0.632. The molecule has 0 saturated heterocycles. The molecule has 1 aromatic rings. The molecular formula is C9H12N2O4. The predicted octanol–water partition coefficient (Wildman–Crippen LogP) is -0.510. The smallest absolute Gasteiger partial charge is 0.305 e. The highest BCUT2D eigenvalue weighted by Gasteiger charge is 2.01. The lowest BCUT2D eigenvalue weighted by atomic mass is 10.3. The van der Waals surface area contributed by atoms with Crippen LogP contribution < -0.4 is 11.1 Å². The summed E-state index contributed by atoms with van der Waals surface area (Å²) in [6.07, 6.45) is 0.673. The largest absolute Gasteiger partial charge is 0.469 e. The molecule has 0 atom stereocenters. The lowest BCUT2D eigenvalue weighted by Crippen LogP contribution is -2.28. The number of hydrogen-bond donors (Lipinski definition) is 1. The van der Waals surface area contributed by atoms with Gasteiger partial charge in [0, 0.05) is 25.1 Å². The molecule has 1 rings (SSSR count). The van der Waals surface area contributed by atoms with E-state index in [0.717, 1.165) is 0 Å². The Hall–Kier alpha value is -1.85. The van der Waals surface area contributed by atoms with Crippen LogP contribution in [0.2, 0.25) is 0 Å². The van der Waals surface area contributed by atoms with Gasteiger partial charge in [-0.05, 0) is 6.42 Å². The molecule has 0 aliphatic heterocycles. The van der Waals surface area contributed by atoms with Gasteiger partial charge in [-0.1, -0.05) is 0 Å². The van der Waals surface area contributed by atoms with E-state index in [0.29, 0.717) is 13.0 Å². The number of rotatable bonds is 4. The topological polar surface area (TPSA) is 81.2 Å². The van der Waals surface area contributed by atoms with Crippen LogP contribution in [0.4, 0.5) is 0 Å². The van der Waals surface area contributed by atoms with E-state index in [1.165, 1.54) is 23.9 Å². The van der Waals surface area contributed by atoms with E-state index in [9.17, 15) is 14.4 Å². The molecule has 15 heavy (non-hydrogen) atoms. The minimum Gasteiger partial charge on any atom is -0.469 e. The van der Waals surface area contributed by atoms with Crippen molar-refractivity contribution in [3.8, 4) is 0 Å². The molecule has 0 aromatic carbocycles. The number of nitrogens with one attached hydrogen (secondary N) is 1. The molecule has 0 aliphatic carbocycles. The van der Waals surface area contributed by atoms with Crippen molar-refractivity contribution in [2.24, 2.45) is 0 Å². The molecular weight excluding hydrogens is 200 g/mol. The third-order valence-corrected chi connectivity index (χ3v) is 1.88. The van der Waals surface area contributed by atoms with Gasteiger partial charge in [0.05, 0.1) is 7.11 Å². The minimum atomic E-state index is -0.340. The number of esters is 1. The quantitative estimate of drug-likeness (QED) is 0.681. The first-order valence-corrected chi connectivity index (χ1v) is 4.50. The molecule has 6 nitrogen and oxygen atoms in total. The molecule has 0 fully saturated rings. The highest BCUT2D eigenvalue weighted by Crippen LogP contribution is 1.92. The number of hydrogen-bond acceptors (Lipinski definition) is 4. The van der Waals surface area contributed by atoms with Crippen LogP contribution in [0.1, 0.15) is 12.8 Å². The van der Waals surface area contributed by atoms with Gasteiger partial charge >= 0.3 is 5.97 Å². The normalized spacial score (nSPS) is 9.93. The van der Waals surface area contributed by atoms with Crippen molar-refractivity contribution in [1.82, 2.24) is 9.78 Å². The molecule has 0 saturated carbocycles. The fourth-order valence-corrected chi connectivity index (χ4v) is 1.11. The molecule has 0 bridgehead atoms. The monoisotopic (exact) mass is 212 g/mol. The maximum atomic E-state index is 11.2. The molecule has 82 valence electrons. The number of aromatic nitrogens is 2. The van der Waals surface area contributed by atoms with Gasteiger partial charge in [0.1, 0.15) is 0 Å². The van der Waals surface area contributed by atoms with Crippen LogP contribution in [0, 0.1) is 0 Å². The summed E-state index contributed by atoms with van der Waals surface area (Å²) in [7, 11) is 1.30. The van der Waals surface area contributed by atoms with E-state index in [1.807, 2.05) is 0 Å². The maximum Gasteiger partial charge on any atom is 0.305 e. The number of H-pyrrole nitrogens is 1. The Balaban J connectivity index is 2.58. The van der Waals surface area contributed by atoms with E-state index < -0.39 is 0 Å². The standard InChI is InChI=1S/C9H12N2O4/c1-15-9(14)3-2-6-11-8(13)5-4-7(12)10-11/h4-5H,2-3,6H2,1H3,(H,10,12). The fraction of sp³-hybridized carbons (Fsp3) is 0.444. The Kier molecular flexibility index (Phi) is 3.84. The number of carbonyl (C=O) groups is 1. The molecule has 1 aromatic heterocycles. The van der Waals surface area contributed by atoms with E-state index in [2.05, 4.69) is 9.84 Å².